The summed E-state index contributed by atoms with van der Waals surface area (Å²) in [5, 5.41) is 9.84. The lowest BCUT2D eigenvalue weighted by Crippen LogP contribution is -2.01. The average molecular weight is 228 g/mol. The number of aryl methyl sites for hydroxylation is 1. The van der Waals surface area contributed by atoms with Gasteiger partial charge in [0.25, 0.3) is 0 Å². The molecule has 2 rings (SSSR count). The first kappa shape index (κ1) is 11.2. The number of hydrogen-bond acceptors (Lipinski definition) is 3. The summed E-state index contributed by atoms with van der Waals surface area (Å²) >= 11 is 0. The number of H-pyrrole nitrogens is 1. The van der Waals surface area contributed by atoms with E-state index in [-0.39, 0.29) is 5.97 Å². The van der Waals surface area contributed by atoms with E-state index in [1.165, 1.54) is 7.11 Å². The quantitative estimate of drug-likeness (QED) is 0.818. The Bertz CT molecular complexity index is 593. The number of rotatable bonds is 3. The van der Waals surface area contributed by atoms with Gasteiger partial charge in [-0.15, -0.1) is 0 Å². The normalized spacial score (nSPS) is 10.1. The molecule has 0 unspecified atom stereocenters. The SMILES string of the molecule is COC(=O)CCc1c[nH]c2ccc(C#N)cc12. The number of fused-ring (bicyclic) bond motifs is 1. The van der Waals surface area contributed by atoms with Crippen LogP contribution < -0.4 is 0 Å². The van der Waals surface area contributed by atoms with Crippen molar-refractivity contribution in [3.8, 4) is 6.07 Å². The standard InChI is InChI=1S/C13H12N2O2/c1-17-13(16)5-3-10-8-15-12-4-2-9(7-14)6-11(10)12/h2,4,6,8,15H,3,5H2,1H3. The van der Waals surface area contributed by atoms with E-state index in [9.17, 15) is 4.79 Å². The molecule has 0 spiro atoms. The first-order valence-electron chi connectivity index (χ1n) is 5.31. The topological polar surface area (TPSA) is 65.9 Å². The number of aromatic amines is 1. The fraction of sp³-hybridized carbons (Fsp3) is 0.231. The average Bonchev–Trinajstić information content (AvgIpc) is 2.78. The summed E-state index contributed by atoms with van der Waals surface area (Å²) in [6.07, 6.45) is 2.83. The molecular weight excluding hydrogens is 216 g/mol. The lowest BCUT2D eigenvalue weighted by molar-refractivity contribution is -0.140. The van der Waals surface area contributed by atoms with Crippen molar-refractivity contribution in [3.05, 3.63) is 35.5 Å². The van der Waals surface area contributed by atoms with Crippen LogP contribution in [0.1, 0.15) is 17.5 Å². The molecule has 0 radical (unpaired) electrons. The third-order valence-electron chi connectivity index (χ3n) is 2.72. The van der Waals surface area contributed by atoms with Gasteiger partial charge < -0.3 is 9.72 Å². The minimum absolute atomic E-state index is 0.226. The van der Waals surface area contributed by atoms with E-state index in [1.807, 2.05) is 18.3 Å². The number of nitrogens with one attached hydrogen (secondary N) is 1. The van der Waals surface area contributed by atoms with Gasteiger partial charge in [0.05, 0.1) is 18.7 Å². The third-order valence-corrected chi connectivity index (χ3v) is 2.72. The summed E-state index contributed by atoms with van der Waals surface area (Å²) in [5.41, 5.74) is 2.63. The Kier molecular flexibility index (Phi) is 3.10. The summed E-state index contributed by atoms with van der Waals surface area (Å²) < 4.78 is 4.60. The molecule has 0 fully saturated rings. The van der Waals surface area contributed by atoms with Crippen LogP contribution in [-0.2, 0) is 16.0 Å². The van der Waals surface area contributed by atoms with Gasteiger partial charge in [-0.25, -0.2) is 0 Å². The van der Waals surface area contributed by atoms with Crippen molar-refractivity contribution >= 4 is 16.9 Å². The predicted molar refractivity (Wildman–Crippen MR) is 63.4 cm³/mol. The number of carbonyl (C=O) groups excluding carboxylic acids is 1. The van der Waals surface area contributed by atoms with Crippen LogP contribution in [0.3, 0.4) is 0 Å². The summed E-state index contributed by atoms with van der Waals surface area (Å²) in [4.78, 5) is 14.2. The number of benzene rings is 1. The summed E-state index contributed by atoms with van der Waals surface area (Å²) in [6.45, 7) is 0. The van der Waals surface area contributed by atoms with Crippen molar-refractivity contribution in [1.29, 1.82) is 5.26 Å². The van der Waals surface area contributed by atoms with Crippen molar-refractivity contribution in [1.82, 2.24) is 4.98 Å². The molecule has 4 nitrogen and oxygen atoms in total. The molecule has 0 aliphatic rings. The summed E-state index contributed by atoms with van der Waals surface area (Å²) in [5.74, 6) is -0.226. The molecule has 4 heteroatoms. The van der Waals surface area contributed by atoms with Gasteiger partial charge in [0, 0.05) is 23.5 Å². The Morgan fingerprint density at radius 3 is 3.06 bits per heavy atom. The van der Waals surface area contributed by atoms with Crippen molar-refractivity contribution in [2.24, 2.45) is 0 Å². The van der Waals surface area contributed by atoms with Gasteiger partial charge in [-0.2, -0.15) is 5.26 Å². The van der Waals surface area contributed by atoms with E-state index in [0.717, 1.165) is 16.5 Å². The molecule has 0 atom stereocenters. The molecule has 17 heavy (non-hydrogen) atoms. The van der Waals surface area contributed by atoms with Gasteiger partial charge in [-0.05, 0) is 30.2 Å². The molecule has 1 aromatic carbocycles. The van der Waals surface area contributed by atoms with Crippen LogP contribution in [0.2, 0.25) is 0 Å². The van der Waals surface area contributed by atoms with Crippen LogP contribution in [0.25, 0.3) is 10.9 Å². The molecule has 0 aliphatic carbocycles. The van der Waals surface area contributed by atoms with E-state index in [1.54, 1.807) is 6.07 Å². The van der Waals surface area contributed by atoms with E-state index in [4.69, 9.17) is 5.26 Å². The Balaban J connectivity index is 2.28. The van der Waals surface area contributed by atoms with Crippen molar-refractivity contribution in [2.75, 3.05) is 7.11 Å². The zero-order chi connectivity index (χ0) is 12.3. The van der Waals surface area contributed by atoms with E-state index >= 15 is 0 Å². The molecule has 0 amide bonds. The Labute approximate surface area is 98.8 Å². The van der Waals surface area contributed by atoms with Crippen LogP contribution in [-0.4, -0.2) is 18.1 Å². The molecule has 0 saturated heterocycles. The Hall–Kier alpha value is -2.28. The Morgan fingerprint density at radius 2 is 2.35 bits per heavy atom. The number of methoxy groups -OCH3 is 1. The highest BCUT2D eigenvalue weighted by atomic mass is 16.5. The fourth-order valence-electron chi connectivity index (χ4n) is 1.79. The first-order chi connectivity index (χ1) is 8.24. The molecule has 2 aromatic rings. The van der Waals surface area contributed by atoms with Gasteiger partial charge >= 0.3 is 5.97 Å². The van der Waals surface area contributed by atoms with Gasteiger partial charge in [0.2, 0.25) is 0 Å². The number of hydrogen-bond donors (Lipinski definition) is 1. The first-order valence-corrected chi connectivity index (χ1v) is 5.31. The number of nitrogens with zero attached hydrogens (tertiary/aromatic N) is 1. The van der Waals surface area contributed by atoms with Gasteiger partial charge in [-0.1, -0.05) is 0 Å². The zero-order valence-corrected chi connectivity index (χ0v) is 9.49. The van der Waals surface area contributed by atoms with Crippen LogP contribution in [0.15, 0.2) is 24.4 Å². The highest BCUT2D eigenvalue weighted by Crippen LogP contribution is 2.20. The monoisotopic (exact) mass is 228 g/mol. The number of esters is 1. The predicted octanol–water partition coefficient (Wildman–Crippen LogP) is 2.15. The zero-order valence-electron chi connectivity index (χ0n) is 9.49. The number of nitriles is 1. The van der Waals surface area contributed by atoms with Crippen LogP contribution in [0, 0.1) is 11.3 Å². The van der Waals surface area contributed by atoms with Gasteiger partial charge in [-0.3, -0.25) is 4.79 Å². The second kappa shape index (κ2) is 4.71. The highest BCUT2D eigenvalue weighted by Gasteiger charge is 2.07. The van der Waals surface area contributed by atoms with Gasteiger partial charge in [0.15, 0.2) is 0 Å². The van der Waals surface area contributed by atoms with Crippen LogP contribution in [0.4, 0.5) is 0 Å². The molecule has 1 aromatic heterocycles. The molecule has 86 valence electrons. The van der Waals surface area contributed by atoms with Gasteiger partial charge in [0.1, 0.15) is 0 Å². The van der Waals surface area contributed by atoms with Crippen molar-refractivity contribution in [3.63, 3.8) is 0 Å². The largest absolute Gasteiger partial charge is 0.469 e. The van der Waals surface area contributed by atoms with Crippen LogP contribution in [0.5, 0.6) is 0 Å². The lowest BCUT2D eigenvalue weighted by atomic mass is 10.1. The molecular formula is C13H12N2O2. The molecule has 0 aliphatic heterocycles. The lowest BCUT2D eigenvalue weighted by Gasteiger charge is -1.99. The molecule has 0 bridgehead atoms. The second-order valence-electron chi connectivity index (χ2n) is 3.76. The highest BCUT2D eigenvalue weighted by molar-refractivity contribution is 5.85. The van der Waals surface area contributed by atoms with Crippen molar-refractivity contribution in [2.45, 2.75) is 12.8 Å². The Morgan fingerprint density at radius 1 is 1.53 bits per heavy atom. The van der Waals surface area contributed by atoms with E-state index < -0.39 is 0 Å². The molecule has 1 heterocycles. The molecule has 1 N–H and O–H groups in total. The van der Waals surface area contributed by atoms with E-state index in [2.05, 4.69) is 15.8 Å². The van der Waals surface area contributed by atoms with Crippen molar-refractivity contribution < 1.29 is 9.53 Å². The fourth-order valence-corrected chi connectivity index (χ4v) is 1.79. The maximum absolute atomic E-state index is 11.1. The van der Waals surface area contributed by atoms with E-state index in [0.29, 0.717) is 18.4 Å². The number of carbonyl (C=O) groups is 1. The number of ether oxygens (including phenoxy) is 1. The maximum atomic E-state index is 11.1. The minimum Gasteiger partial charge on any atom is -0.469 e. The van der Waals surface area contributed by atoms with Crippen LogP contribution >= 0.6 is 0 Å². The maximum Gasteiger partial charge on any atom is 0.305 e. The number of aromatic nitrogens is 1. The summed E-state index contributed by atoms with van der Waals surface area (Å²) in [7, 11) is 1.38. The second-order valence-corrected chi connectivity index (χ2v) is 3.76. The third kappa shape index (κ3) is 2.28. The summed E-state index contributed by atoms with van der Waals surface area (Å²) in [6, 6.07) is 7.58. The minimum atomic E-state index is -0.226. The smallest absolute Gasteiger partial charge is 0.305 e. The molecule has 0 saturated carbocycles.